The van der Waals surface area contributed by atoms with Crippen molar-refractivity contribution in [3.63, 3.8) is 0 Å². The average molecular weight is 777 g/mol. The number of hydrogen-bond donors (Lipinski definition) is 0. The molecule has 0 atom stereocenters. The van der Waals surface area contributed by atoms with Gasteiger partial charge in [-0.2, -0.15) is 13.2 Å². The van der Waals surface area contributed by atoms with Crippen molar-refractivity contribution in [3.8, 4) is 47.4 Å². The third kappa shape index (κ3) is 10.3. The van der Waals surface area contributed by atoms with E-state index < -0.39 is 11.7 Å². The Kier molecular flexibility index (Phi) is 11.9. The van der Waals surface area contributed by atoms with Gasteiger partial charge in [0.2, 0.25) is 0 Å². The van der Waals surface area contributed by atoms with Gasteiger partial charge in [-0.3, -0.25) is 9.97 Å². The van der Waals surface area contributed by atoms with Gasteiger partial charge in [-0.05, 0) is 140 Å². The summed E-state index contributed by atoms with van der Waals surface area (Å²) < 4.78 is 64.2. The summed E-state index contributed by atoms with van der Waals surface area (Å²) in [6.45, 7) is 2.03. The minimum atomic E-state index is -4.36. The number of pyridine rings is 2. The number of aryl methyl sites for hydroxylation is 1. The van der Waals surface area contributed by atoms with Gasteiger partial charge in [0.25, 0.3) is 0 Å². The zero-order valence-corrected chi connectivity index (χ0v) is 31.3. The predicted octanol–water partition coefficient (Wildman–Crippen LogP) is 11.7. The number of aromatic nitrogens is 2. The largest absolute Gasteiger partial charge is 0.416 e. The Labute approximate surface area is 338 Å². The van der Waals surface area contributed by atoms with Crippen LogP contribution in [0, 0.1) is 65.9 Å². The maximum Gasteiger partial charge on any atom is 0.416 e. The standard InChI is InChI=1S/C27H16F3N.C25H13F2N/c1-19-4-6-20(7-5-19)9-13-23-15-14-22(25-3-2-18-31-26(23)25)12-8-21-10-16-24(17-11-21)27(28,29)30;26-22-13-5-18(6-14-22)3-9-20-11-12-21(25-24(20)2-1-17-28-25)10-4-19-7-15-23(27)16-8-19/h2-7,10-11,14-18H,1H3;1-2,5-8,11-17H. The van der Waals surface area contributed by atoms with E-state index in [4.69, 9.17) is 0 Å². The van der Waals surface area contributed by atoms with E-state index in [9.17, 15) is 22.0 Å². The summed E-state index contributed by atoms with van der Waals surface area (Å²) in [5.74, 6) is 24.1. The van der Waals surface area contributed by atoms with Crippen LogP contribution in [0.4, 0.5) is 22.0 Å². The Bertz CT molecular complexity index is 2950. The molecule has 2 heterocycles. The lowest BCUT2D eigenvalue weighted by molar-refractivity contribution is -0.137. The van der Waals surface area contributed by atoms with Crippen molar-refractivity contribution in [2.75, 3.05) is 0 Å². The fraction of sp³-hybridized carbons (Fsp3) is 0.0385. The topological polar surface area (TPSA) is 25.8 Å². The van der Waals surface area contributed by atoms with Crippen LogP contribution in [0.2, 0.25) is 0 Å². The third-order valence-electron chi connectivity index (χ3n) is 8.86. The lowest BCUT2D eigenvalue weighted by Crippen LogP contribution is -2.04. The monoisotopic (exact) mass is 776 g/mol. The molecule has 6 aromatic carbocycles. The smallest absolute Gasteiger partial charge is 0.255 e. The maximum absolute atomic E-state index is 13.0. The van der Waals surface area contributed by atoms with Crippen molar-refractivity contribution in [3.05, 3.63) is 225 Å². The van der Waals surface area contributed by atoms with Gasteiger partial charge in [-0.25, -0.2) is 8.78 Å². The Morgan fingerprint density at radius 1 is 0.390 bits per heavy atom. The molecule has 0 saturated carbocycles. The molecule has 282 valence electrons. The Hall–Kier alpha value is -7.97. The summed E-state index contributed by atoms with van der Waals surface area (Å²) in [5, 5.41) is 1.74. The lowest BCUT2D eigenvalue weighted by atomic mass is 10.0. The Morgan fingerprint density at radius 3 is 1.12 bits per heavy atom. The van der Waals surface area contributed by atoms with Crippen molar-refractivity contribution in [2.24, 2.45) is 0 Å². The van der Waals surface area contributed by atoms with Crippen LogP contribution in [0.5, 0.6) is 0 Å². The van der Waals surface area contributed by atoms with Crippen molar-refractivity contribution in [2.45, 2.75) is 13.1 Å². The molecular formula is C52H29F5N2. The van der Waals surface area contributed by atoms with Crippen LogP contribution in [0.1, 0.15) is 55.6 Å². The molecule has 0 spiro atoms. The minimum Gasteiger partial charge on any atom is -0.255 e. The summed E-state index contributed by atoms with van der Waals surface area (Å²) in [6.07, 6.45) is -0.946. The van der Waals surface area contributed by atoms with E-state index in [2.05, 4.69) is 57.3 Å². The highest BCUT2D eigenvalue weighted by Crippen LogP contribution is 2.29. The van der Waals surface area contributed by atoms with Crippen LogP contribution in [0.3, 0.4) is 0 Å². The quantitative estimate of drug-likeness (QED) is 0.113. The first-order valence-corrected chi connectivity index (χ1v) is 18.2. The second kappa shape index (κ2) is 17.9. The number of hydrogen-bond acceptors (Lipinski definition) is 2. The van der Waals surface area contributed by atoms with Crippen molar-refractivity contribution in [1.82, 2.24) is 9.97 Å². The van der Waals surface area contributed by atoms with Gasteiger partial charge in [-0.15, -0.1) is 0 Å². The Morgan fingerprint density at radius 2 is 0.729 bits per heavy atom. The van der Waals surface area contributed by atoms with Crippen molar-refractivity contribution < 1.29 is 22.0 Å². The van der Waals surface area contributed by atoms with Gasteiger partial charge >= 0.3 is 6.18 Å². The summed E-state index contributed by atoms with van der Waals surface area (Å²) in [7, 11) is 0. The minimum absolute atomic E-state index is 0.288. The summed E-state index contributed by atoms with van der Waals surface area (Å²) >= 11 is 0. The second-order valence-electron chi connectivity index (χ2n) is 13.1. The molecule has 0 aliphatic rings. The molecule has 0 fully saturated rings. The highest BCUT2D eigenvalue weighted by Gasteiger charge is 2.29. The molecule has 0 N–H and O–H groups in total. The maximum atomic E-state index is 13.0. The van der Waals surface area contributed by atoms with E-state index in [1.54, 1.807) is 36.7 Å². The normalized spacial score (nSPS) is 10.3. The molecule has 59 heavy (non-hydrogen) atoms. The Balaban J connectivity index is 0.000000180. The summed E-state index contributed by atoms with van der Waals surface area (Å²) in [5.41, 5.74) is 7.98. The molecule has 0 bridgehead atoms. The van der Waals surface area contributed by atoms with Gasteiger partial charge < -0.3 is 0 Å². The van der Waals surface area contributed by atoms with Crippen LogP contribution in [0.15, 0.2) is 158 Å². The number of rotatable bonds is 0. The average Bonchev–Trinajstić information content (AvgIpc) is 3.25. The first-order valence-electron chi connectivity index (χ1n) is 18.2. The van der Waals surface area contributed by atoms with Crippen LogP contribution < -0.4 is 0 Å². The van der Waals surface area contributed by atoms with Gasteiger partial charge in [-0.1, -0.05) is 65.1 Å². The SMILES string of the molecule is Cc1ccc(C#Cc2ccc(C#Cc3ccc(C(F)(F)F)cc3)c3cccnc23)cc1.Fc1ccc(C#Cc2ccc(C#Cc3ccc(F)cc3)c3ncccc23)cc1. The van der Waals surface area contributed by atoms with E-state index in [0.29, 0.717) is 5.56 Å². The molecule has 0 unspecified atom stereocenters. The van der Waals surface area contributed by atoms with Crippen LogP contribution in [-0.2, 0) is 6.18 Å². The van der Waals surface area contributed by atoms with Gasteiger partial charge in [0.05, 0.1) is 27.7 Å². The molecule has 7 heteroatoms. The van der Waals surface area contributed by atoms with E-state index in [1.165, 1.54) is 42.0 Å². The first-order chi connectivity index (χ1) is 28.6. The molecule has 0 aliphatic carbocycles. The second-order valence-corrected chi connectivity index (χ2v) is 13.1. The fourth-order valence-corrected chi connectivity index (χ4v) is 5.77. The lowest BCUT2D eigenvalue weighted by Gasteiger charge is -2.05. The molecule has 0 radical (unpaired) electrons. The third-order valence-corrected chi connectivity index (χ3v) is 8.86. The van der Waals surface area contributed by atoms with Gasteiger partial charge in [0.1, 0.15) is 11.6 Å². The molecular weight excluding hydrogens is 748 g/mol. The van der Waals surface area contributed by atoms with Crippen LogP contribution >= 0.6 is 0 Å². The van der Waals surface area contributed by atoms with Gasteiger partial charge in [0.15, 0.2) is 0 Å². The summed E-state index contributed by atoms with van der Waals surface area (Å²) in [6, 6.07) is 39.9. The van der Waals surface area contributed by atoms with Crippen LogP contribution in [0.25, 0.3) is 21.8 Å². The number of fused-ring (bicyclic) bond motifs is 2. The fourth-order valence-electron chi connectivity index (χ4n) is 5.77. The zero-order chi connectivity index (χ0) is 41.2. The van der Waals surface area contributed by atoms with E-state index in [1.807, 2.05) is 79.7 Å². The molecule has 8 rings (SSSR count). The van der Waals surface area contributed by atoms with Crippen molar-refractivity contribution in [1.29, 1.82) is 0 Å². The van der Waals surface area contributed by atoms with Gasteiger partial charge in [0, 0.05) is 56.5 Å². The number of alkyl halides is 3. The van der Waals surface area contributed by atoms with E-state index in [-0.39, 0.29) is 11.6 Å². The number of halogens is 5. The highest BCUT2D eigenvalue weighted by atomic mass is 19.4. The molecule has 2 aromatic heterocycles. The molecule has 2 nitrogen and oxygen atoms in total. The van der Waals surface area contributed by atoms with Crippen LogP contribution in [-0.4, -0.2) is 9.97 Å². The first kappa shape index (κ1) is 39.3. The van der Waals surface area contributed by atoms with E-state index >= 15 is 0 Å². The molecule has 0 saturated heterocycles. The number of benzene rings is 6. The number of nitrogens with zero attached hydrogens (tertiary/aromatic N) is 2. The molecule has 0 aliphatic heterocycles. The zero-order valence-electron chi connectivity index (χ0n) is 31.3. The van der Waals surface area contributed by atoms with E-state index in [0.717, 1.165) is 72.9 Å². The predicted molar refractivity (Wildman–Crippen MR) is 223 cm³/mol. The molecule has 8 aromatic rings. The molecule has 0 amide bonds. The highest BCUT2D eigenvalue weighted by molar-refractivity contribution is 5.91. The van der Waals surface area contributed by atoms with Crippen molar-refractivity contribution >= 4 is 21.8 Å². The summed E-state index contributed by atoms with van der Waals surface area (Å²) in [4.78, 5) is 8.92.